The van der Waals surface area contributed by atoms with Crippen molar-refractivity contribution in [2.24, 2.45) is 41.4 Å². The van der Waals surface area contributed by atoms with Gasteiger partial charge in [0.2, 0.25) is 17.7 Å². The maximum atomic E-state index is 13.5. The highest BCUT2D eigenvalue weighted by Crippen LogP contribution is 2.65. The summed E-state index contributed by atoms with van der Waals surface area (Å²) in [7, 11) is 0. The van der Waals surface area contributed by atoms with Crippen LogP contribution in [0, 0.1) is 48.3 Å². The molecule has 6 aliphatic rings. The normalized spacial score (nSPS) is 31.9. The number of carbonyl (C=O) groups is 4. The average Bonchev–Trinajstić information content (AvgIpc) is 3.61. The molecule has 39 heavy (non-hydrogen) atoms. The number of ether oxygens (including phenoxy) is 2. The number of hydrogen-bond acceptors (Lipinski definition) is 6. The van der Waals surface area contributed by atoms with Gasteiger partial charge >= 0.3 is 5.97 Å². The van der Waals surface area contributed by atoms with Crippen molar-refractivity contribution < 1.29 is 28.7 Å². The van der Waals surface area contributed by atoms with Crippen LogP contribution in [0.5, 0.6) is 11.5 Å². The fourth-order valence-corrected chi connectivity index (χ4v) is 7.34. The quantitative estimate of drug-likeness (QED) is 0.245. The molecule has 3 amide bonds. The summed E-state index contributed by atoms with van der Waals surface area (Å²) in [4.78, 5) is 55.5. The highest BCUT2D eigenvalue weighted by Gasteiger charge is 2.67. The number of hydrogen-bond donors (Lipinski definition) is 0. The number of rotatable bonds is 6. The average molecular weight is 527 g/mol. The molecule has 0 unspecified atom stereocenters. The number of anilines is 2. The molecule has 8 rings (SSSR count). The Bertz CT molecular complexity index is 1400. The molecule has 2 saturated carbocycles. The lowest BCUT2D eigenvalue weighted by Crippen LogP contribution is -2.40. The molecule has 0 radical (unpaired) electrons. The molecule has 0 spiro atoms. The van der Waals surface area contributed by atoms with Crippen molar-refractivity contribution >= 4 is 35.1 Å². The molecule has 4 aliphatic carbocycles. The van der Waals surface area contributed by atoms with Gasteiger partial charge in [0.15, 0.2) is 0 Å². The Morgan fingerprint density at radius 2 is 1.56 bits per heavy atom. The molecular weight excluding hydrogens is 496 g/mol. The van der Waals surface area contributed by atoms with Crippen LogP contribution in [0.25, 0.3) is 0 Å². The topological polar surface area (TPSA) is 93.2 Å². The minimum Gasteiger partial charge on any atom is -0.494 e. The number of allylic oxidation sites excluding steroid dienone is 2. The summed E-state index contributed by atoms with van der Waals surface area (Å²) in [6.07, 6.45) is 5.52. The largest absolute Gasteiger partial charge is 0.494 e. The van der Waals surface area contributed by atoms with E-state index >= 15 is 0 Å². The third kappa shape index (κ3) is 3.72. The van der Waals surface area contributed by atoms with E-state index in [1.165, 1.54) is 4.90 Å². The van der Waals surface area contributed by atoms with E-state index < -0.39 is 11.9 Å². The van der Waals surface area contributed by atoms with Gasteiger partial charge < -0.3 is 14.4 Å². The van der Waals surface area contributed by atoms with Gasteiger partial charge in [-0.25, -0.2) is 4.90 Å². The molecule has 8 nitrogen and oxygen atoms in total. The third-order valence-electron chi connectivity index (χ3n) is 9.21. The maximum absolute atomic E-state index is 13.5. The van der Waals surface area contributed by atoms with Gasteiger partial charge in [-0.05, 0) is 92.0 Å². The van der Waals surface area contributed by atoms with E-state index in [0.717, 1.165) is 12.2 Å². The van der Waals surface area contributed by atoms with E-state index in [4.69, 9.17) is 9.47 Å². The second kappa shape index (κ2) is 8.79. The van der Waals surface area contributed by atoms with Gasteiger partial charge in [-0.2, -0.15) is 0 Å². The Morgan fingerprint density at radius 3 is 2.18 bits per heavy atom. The minimum atomic E-state index is -0.594. The fourth-order valence-electron chi connectivity index (χ4n) is 7.34. The van der Waals surface area contributed by atoms with Crippen molar-refractivity contribution in [2.45, 2.75) is 26.7 Å². The van der Waals surface area contributed by atoms with E-state index in [9.17, 15) is 19.2 Å². The molecule has 2 aromatic carbocycles. The van der Waals surface area contributed by atoms with Crippen LogP contribution in [-0.4, -0.2) is 36.8 Å². The van der Waals surface area contributed by atoms with Crippen molar-refractivity contribution in [3.05, 3.63) is 60.2 Å². The van der Waals surface area contributed by atoms with Gasteiger partial charge in [-0.15, -0.1) is 0 Å². The zero-order chi connectivity index (χ0) is 27.0. The van der Waals surface area contributed by atoms with Gasteiger partial charge in [0.25, 0.3) is 0 Å². The molecule has 200 valence electrons. The number of nitrogens with zero attached hydrogens (tertiary/aromatic N) is 2. The Labute approximate surface area is 226 Å². The lowest BCUT2D eigenvalue weighted by atomic mass is 9.63. The van der Waals surface area contributed by atoms with Gasteiger partial charge in [0.1, 0.15) is 11.5 Å². The van der Waals surface area contributed by atoms with Crippen LogP contribution in [0.15, 0.2) is 54.6 Å². The molecular formula is C31H30N2O6. The van der Waals surface area contributed by atoms with Gasteiger partial charge in [-0.3, -0.25) is 19.2 Å². The van der Waals surface area contributed by atoms with Crippen LogP contribution < -0.4 is 19.3 Å². The Kier molecular flexibility index (Phi) is 5.44. The summed E-state index contributed by atoms with van der Waals surface area (Å²) in [6, 6.07) is 12.2. The first kappa shape index (κ1) is 24.1. The summed E-state index contributed by atoms with van der Waals surface area (Å²) in [5.74, 6) is 0.538. The molecule has 2 bridgehead atoms. The molecule has 2 aromatic rings. The molecule has 0 N–H and O–H groups in total. The van der Waals surface area contributed by atoms with Crippen molar-refractivity contribution in [1.29, 1.82) is 0 Å². The van der Waals surface area contributed by atoms with E-state index in [0.29, 0.717) is 41.1 Å². The van der Waals surface area contributed by atoms with Crippen molar-refractivity contribution in [3.63, 3.8) is 0 Å². The Balaban J connectivity index is 1.04. The number of aryl methyl sites for hydroxylation is 1. The van der Waals surface area contributed by atoms with E-state index in [2.05, 4.69) is 12.2 Å². The van der Waals surface area contributed by atoms with Crippen LogP contribution in [0.4, 0.5) is 11.4 Å². The predicted molar refractivity (Wildman–Crippen MR) is 142 cm³/mol. The smallest absolute Gasteiger partial charge is 0.316 e. The Morgan fingerprint density at radius 1 is 0.923 bits per heavy atom. The number of imide groups is 1. The van der Waals surface area contributed by atoms with Gasteiger partial charge in [0.05, 0.1) is 30.0 Å². The molecule has 2 heterocycles. The minimum absolute atomic E-state index is 0.0705. The van der Waals surface area contributed by atoms with Crippen molar-refractivity contribution in [3.8, 4) is 11.5 Å². The predicted octanol–water partition coefficient (Wildman–Crippen LogP) is 3.91. The first-order valence-corrected chi connectivity index (χ1v) is 13.8. The van der Waals surface area contributed by atoms with Crippen LogP contribution >= 0.6 is 0 Å². The number of amides is 3. The van der Waals surface area contributed by atoms with Gasteiger partial charge in [0, 0.05) is 18.7 Å². The van der Waals surface area contributed by atoms with E-state index in [-0.39, 0.29) is 54.4 Å². The van der Waals surface area contributed by atoms with Crippen molar-refractivity contribution in [1.82, 2.24) is 0 Å². The van der Waals surface area contributed by atoms with Crippen LogP contribution in [-0.2, 0) is 19.2 Å². The molecule has 8 heteroatoms. The monoisotopic (exact) mass is 526 g/mol. The summed E-state index contributed by atoms with van der Waals surface area (Å²) in [5.41, 5.74) is 1.94. The zero-order valence-corrected chi connectivity index (χ0v) is 21.9. The lowest BCUT2D eigenvalue weighted by Gasteiger charge is -2.37. The lowest BCUT2D eigenvalue weighted by molar-refractivity contribution is -0.139. The van der Waals surface area contributed by atoms with Crippen LogP contribution in [0.2, 0.25) is 0 Å². The second-order valence-electron chi connectivity index (χ2n) is 11.4. The zero-order valence-electron chi connectivity index (χ0n) is 21.9. The molecule has 2 aliphatic heterocycles. The summed E-state index contributed by atoms with van der Waals surface area (Å²) < 4.78 is 11.1. The standard InChI is InChI=1S/C31H30N2O6/c1-3-38-19-6-4-18(5-7-19)32-15-17(13-26(32)34)31(37)39-20-8-11-25(16(2)12-20)33-29(35)27-21-9-10-22(24-14-23(21)24)28(27)30(33)36/h4-12,17,21-24,27-28H,3,13-15H2,1-2H3/t17-,21+,22+,23-,24+,27-,28-/m1/s1. The summed E-state index contributed by atoms with van der Waals surface area (Å²) in [6.45, 7) is 4.51. The second-order valence-corrected chi connectivity index (χ2v) is 11.4. The highest BCUT2D eigenvalue weighted by atomic mass is 16.5. The first-order valence-electron chi connectivity index (χ1n) is 13.8. The fraction of sp³-hybridized carbons (Fsp3) is 0.419. The molecule has 0 aromatic heterocycles. The van der Waals surface area contributed by atoms with Crippen LogP contribution in [0.1, 0.15) is 25.3 Å². The number of esters is 1. The van der Waals surface area contributed by atoms with E-state index in [1.54, 1.807) is 47.4 Å². The van der Waals surface area contributed by atoms with E-state index in [1.807, 2.05) is 13.8 Å². The molecule has 2 saturated heterocycles. The van der Waals surface area contributed by atoms with Crippen LogP contribution in [0.3, 0.4) is 0 Å². The molecule has 4 fully saturated rings. The maximum Gasteiger partial charge on any atom is 0.316 e. The van der Waals surface area contributed by atoms with Crippen molar-refractivity contribution in [2.75, 3.05) is 23.0 Å². The molecule has 7 atom stereocenters. The first-order chi connectivity index (χ1) is 18.9. The SMILES string of the molecule is CCOc1ccc(N2C[C@H](C(=O)Oc3ccc(N4C(=O)[C@@H]5[C@H]6C=C[C@@H]([C@@H]7C[C@H]67)[C@H]5C4=O)c(C)c3)CC2=O)cc1. The third-order valence-corrected chi connectivity index (χ3v) is 9.21. The highest BCUT2D eigenvalue weighted by molar-refractivity contribution is 6.23. The summed E-state index contributed by atoms with van der Waals surface area (Å²) >= 11 is 0. The number of carbonyl (C=O) groups excluding carboxylic acids is 4. The Hall–Kier alpha value is -3.94. The summed E-state index contributed by atoms with van der Waals surface area (Å²) in [5, 5.41) is 0. The van der Waals surface area contributed by atoms with Gasteiger partial charge in [-0.1, -0.05) is 12.2 Å². The number of benzene rings is 2.